The fraction of sp³-hybridized carbons (Fsp3) is 0.846. The molecule has 2 aliphatic rings. The van der Waals surface area contributed by atoms with Gasteiger partial charge in [0.1, 0.15) is 11.2 Å². The monoisotopic (exact) mass is 224 g/mol. The largest absolute Gasteiger partial charge is 0.468 e. The molecular weight excluding hydrogens is 204 g/mol. The third kappa shape index (κ3) is 1.66. The van der Waals surface area contributed by atoms with E-state index in [2.05, 4.69) is 0 Å². The maximum Gasteiger partial charge on any atom is 0.319 e. The van der Waals surface area contributed by atoms with Crippen LogP contribution in [0.15, 0.2) is 0 Å². The second-order valence-electron chi connectivity index (χ2n) is 5.66. The van der Waals surface area contributed by atoms with Crippen molar-refractivity contribution in [1.82, 2.24) is 0 Å². The van der Waals surface area contributed by atoms with Crippen LogP contribution in [0.25, 0.3) is 0 Å². The van der Waals surface area contributed by atoms with E-state index in [0.717, 1.165) is 12.8 Å². The van der Waals surface area contributed by atoms with Gasteiger partial charge in [-0.05, 0) is 31.6 Å². The molecular formula is C13H20O3. The summed E-state index contributed by atoms with van der Waals surface area (Å²) < 4.78 is 4.78. The fourth-order valence-electron chi connectivity index (χ4n) is 3.51. The number of carbonyl (C=O) groups excluding carboxylic acids is 2. The Kier molecular flexibility index (Phi) is 2.81. The smallest absolute Gasteiger partial charge is 0.319 e. The Labute approximate surface area is 96.5 Å². The van der Waals surface area contributed by atoms with Crippen LogP contribution < -0.4 is 0 Å². The number of hydrogen-bond acceptors (Lipinski definition) is 3. The number of carbonyl (C=O) groups is 2. The van der Waals surface area contributed by atoms with Crippen LogP contribution >= 0.6 is 0 Å². The highest BCUT2D eigenvalue weighted by Crippen LogP contribution is 2.54. The molecule has 3 heteroatoms. The average Bonchev–Trinajstić information content (AvgIpc) is 2.51. The van der Waals surface area contributed by atoms with Crippen molar-refractivity contribution in [2.24, 2.45) is 10.8 Å². The van der Waals surface area contributed by atoms with Gasteiger partial charge in [0.2, 0.25) is 0 Å². The van der Waals surface area contributed by atoms with Crippen molar-refractivity contribution in [2.45, 2.75) is 51.9 Å². The van der Waals surface area contributed by atoms with E-state index in [1.54, 1.807) is 6.92 Å². The van der Waals surface area contributed by atoms with Gasteiger partial charge < -0.3 is 4.74 Å². The number of hydrogen-bond donors (Lipinski definition) is 0. The van der Waals surface area contributed by atoms with E-state index >= 15 is 0 Å². The molecule has 0 aromatic rings. The molecule has 2 rings (SSSR count). The van der Waals surface area contributed by atoms with Gasteiger partial charge in [-0.2, -0.15) is 0 Å². The molecule has 0 heterocycles. The topological polar surface area (TPSA) is 43.4 Å². The van der Waals surface area contributed by atoms with Gasteiger partial charge in [0.25, 0.3) is 0 Å². The zero-order valence-electron chi connectivity index (χ0n) is 10.2. The first-order valence-corrected chi connectivity index (χ1v) is 6.14. The van der Waals surface area contributed by atoms with E-state index < -0.39 is 5.41 Å². The molecule has 0 aromatic carbocycles. The summed E-state index contributed by atoms with van der Waals surface area (Å²) in [4.78, 5) is 23.8. The van der Waals surface area contributed by atoms with Crippen LogP contribution in [-0.4, -0.2) is 18.9 Å². The van der Waals surface area contributed by atoms with Crippen molar-refractivity contribution in [3.63, 3.8) is 0 Å². The summed E-state index contributed by atoms with van der Waals surface area (Å²) in [7, 11) is 1.37. The summed E-state index contributed by atoms with van der Waals surface area (Å²) in [6.07, 6.45) is 7.15. The van der Waals surface area contributed by atoms with Crippen LogP contribution in [0.4, 0.5) is 0 Å². The fourth-order valence-corrected chi connectivity index (χ4v) is 3.51. The molecule has 90 valence electrons. The highest BCUT2D eigenvalue weighted by Gasteiger charge is 2.56. The molecule has 0 aliphatic heterocycles. The molecule has 0 N–H and O–H groups in total. The second kappa shape index (κ2) is 3.86. The SMILES string of the molecule is COC(=O)C1(C)CC2(CCCCC2)CC1=O. The van der Waals surface area contributed by atoms with Gasteiger partial charge >= 0.3 is 5.97 Å². The van der Waals surface area contributed by atoms with E-state index in [-0.39, 0.29) is 17.2 Å². The van der Waals surface area contributed by atoms with Crippen molar-refractivity contribution in [1.29, 1.82) is 0 Å². The first-order valence-electron chi connectivity index (χ1n) is 6.14. The minimum atomic E-state index is -0.869. The van der Waals surface area contributed by atoms with Crippen LogP contribution in [0.3, 0.4) is 0 Å². The lowest BCUT2D eigenvalue weighted by molar-refractivity contribution is -0.155. The summed E-state index contributed by atoms with van der Waals surface area (Å²) in [5.41, 5.74) is -0.760. The molecule has 2 aliphatic carbocycles. The molecule has 0 radical (unpaired) electrons. The van der Waals surface area contributed by atoms with Crippen molar-refractivity contribution in [3.05, 3.63) is 0 Å². The summed E-state index contributed by atoms with van der Waals surface area (Å²) in [6.45, 7) is 1.75. The summed E-state index contributed by atoms with van der Waals surface area (Å²) in [5.74, 6) is -0.263. The van der Waals surface area contributed by atoms with E-state index in [1.807, 2.05) is 0 Å². The van der Waals surface area contributed by atoms with E-state index in [0.29, 0.717) is 12.8 Å². The molecule has 16 heavy (non-hydrogen) atoms. The van der Waals surface area contributed by atoms with Crippen LogP contribution in [-0.2, 0) is 14.3 Å². The third-order valence-corrected chi connectivity index (χ3v) is 4.43. The van der Waals surface area contributed by atoms with Gasteiger partial charge in [0.05, 0.1) is 7.11 Å². The van der Waals surface area contributed by atoms with Crippen LogP contribution in [0.1, 0.15) is 51.9 Å². The van der Waals surface area contributed by atoms with Gasteiger partial charge in [0.15, 0.2) is 0 Å². The Morgan fingerprint density at radius 1 is 1.25 bits per heavy atom. The molecule has 1 spiro atoms. The average molecular weight is 224 g/mol. The molecule has 1 unspecified atom stereocenters. The van der Waals surface area contributed by atoms with Gasteiger partial charge in [-0.25, -0.2) is 0 Å². The second-order valence-corrected chi connectivity index (χ2v) is 5.66. The number of methoxy groups -OCH3 is 1. The maximum absolute atomic E-state index is 12.1. The standard InChI is InChI=1S/C13H20O3/c1-12(11(15)16-2)9-13(8-10(12)14)6-4-3-5-7-13/h3-9H2,1-2H3. The highest BCUT2D eigenvalue weighted by molar-refractivity contribution is 6.05. The molecule has 2 fully saturated rings. The Morgan fingerprint density at radius 2 is 1.88 bits per heavy atom. The third-order valence-electron chi connectivity index (χ3n) is 4.43. The number of rotatable bonds is 1. The van der Waals surface area contributed by atoms with Crippen molar-refractivity contribution in [3.8, 4) is 0 Å². The minimum Gasteiger partial charge on any atom is -0.468 e. The predicted octanol–water partition coefficient (Wildman–Crippen LogP) is 2.48. The molecule has 1 atom stereocenters. The Morgan fingerprint density at radius 3 is 2.44 bits per heavy atom. The van der Waals surface area contributed by atoms with Gasteiger partial charge in [-0.15, -0.1) is 0 Å². The zero-order chi connectivity index (χ0) is 11.8. The van der Waals surface area contributed by atoms with Gasteiger partial charge in [0, 0.05) is 6.42 Å². The molecule has 3 nitrogen and oxygen atoms in total. The highest BCUT2D eigenvalue weighted by atomic mass is 16.5. The molecule has 2 saturated carbocycles. The Bertz CT molecular complexity index is 315. The van der Waals surface area contributed by atoms with E-state index in [9.17, 15) is 9.59 Å². The van der Waals surface area contributed by atoms with E-state index in [1.165, 1.54) is 26.4 Å². The normalized spacial score (nSPS) is 33.0. The van der Waals surface area contributed by atoms with Crippen molar-refractivity contribution < 1.29 is 14.3 Å². The van der Waals surface area contributed by atoms with Gasteiger partial charge in [-0.1, -0.05) is 19.3 Å². The number of Topliss-reactive ketones (excluding diaryl/α,β-unsaturated/α-hetero) is 1. The number of esters is 1. The predicted molar refractivity (Wildman–Crippen MR) is 59.9 cm³/mol. The summed E-state index contributed by atoms with van der Waals surface area (Å²) >= 11 is 0. The molecule has 0 saturated heterocycles. The van der Waals surface area contributed by atoms with E-state index in [4.69, 9.17) is 4.74 Å². The Hall–Kier alpha value is -0.860. The molecule has 0 amide bonds. The Balaban J connectivity index is 2.20. The number of ether oxygens (including phenoxy) is 1. The quantitative estimate of drug-likeness (QED) is 0.507. The first kappa shape index (κ1) is 11.6. The number of ketones is 1. The van der Waals surface area contributed by atoms with Gasteiger partial charge in [-0.3, -0.25) is 9.59 Å². The summed E-state index contributed by atoms with van der Waals surface area (Å²) in [6, 6.07) is 0. The van der Waals surface area contributed by atoms with Crippen LogP contribution in [0, 0.1) is 10.8 Å². The zero-order valence-corrected chi connectivity index (χ0v) is 10.2. The van der Waals surface area contributed by atoms with Crippen LogP contribution in [0.5, 0.6) is 0 Å². The maximum atomic E-state index is 12.1. The molecule has 0 bridgehead atoms. The van der Waals surface area contributed by atoms with Crippen molar-refractivity contribution in [2.75, 3.05) is 7.11 Å². The minimum absolute atomic E-state index is 0.0845. The molecule has 0 aromatic heterocycles. The van der Waals surface area contributed by atoms with Crippen LogP contribution in [0.2, 0.25) is 0 Å². The summed E-state index contributed by atoms with van der Waals surface area (Å²) in [5, 5.41) is 0. The lowest BCUT2D eigenvalue weighted by Gasteiger charge is -2.33. The first-order chi connectivity index (χ1) is 7.52. The van der Waals surface area contributed by atoms with Crippen molar-refractivity contribution >= 4 is 11.8 Å². The lowest BCUT2D eigenvalue weighted by atomic mass is 9.71. The lowest BCUT2D eigenvalue weighted by Crippen LogP contribution is -2.33.